The van der Waals surface area contributed by atoms with Gasteiger partial charge in [-0.1, -0.05) is 42.5 Å². The summed E-state index contributed by atoms with van der Waals surface area (Å²) in [5.41, 5.74) is 1.55. The first-order chi connectivity index (χ1) is 15.0. The molecule has 4 aromatic rings. The number of methoxy groups -OCH3 is 1. The number of anilines is 1. The number of benzene rings is 3. The van der Waals surface area contributed by atoms with Crippen LogP contribution in [-0.2, 0) is 16.6 Å². The zero-order valence-electron chi connectivity index (χ0n) is 16.7. The van der Waals surface area contributed by atoms with E-state index in [0.29, 0.717) is 17.0 Å². The van der Waals surface area contributed by atoms with Crippen LogP contribution in [0.5, 0.6) is 5.75 Å². The molecule has 4 rings (SSSR count). The van der Waals surface area contributed by atoms with E-state index in [9.17, 15) is 13.2 Å². The van der Waals surface area contributed by atoms with Crippen molar-refractivity contribution in [2.24, 2.45) is 0 Å². The summed E-state index contributed by atoms with van der Waals surface area (Å²) in [4.78, 5) is 12.8. The Hall–Kier alpha value is -3.36. The van der Waals surface area contributed by atoms with Gasteiger partial charge in [0, 0.05) is 23.4 Å². The van der Waals surface area contributed by atoms with Gasteiger partial charge in [0.1, 0.15) is 9.96 Å². The molecule has 0 saturated carbocycles. The maximum atomic E-state index is 12.8. The lowest BCUT2D eigenvalue weighted by Crippen LogP contribution is -2.23. The van der Waals surface area contributed by atoms with E-state index in [1.54, 1.807) is 36.8 Å². The van der Waals surface area contributed by atoms with Gasteiger partial charge in [0.15, 0.2) is 0 Å². The molecule has 31 heavy (non-hydrogen) atoms. The van der Waals surface area contributed by atoms with Crippen molar-refractivity contribution in [2.75, 3.05) is 11.8 Å². The molecule has 2 N–H and O–H groups in total. The third-order valence-electron chi connectivity index (χ3n) is 4.78. The molecule has 6 nitrogen and oxygen atoms in total. The second-order valence-electron chi connectivity index (χ2n) is 6.77. The van der Waals surface area contributed by atoms with E-state index >= 15 is 0 Å². The smallest absolute Gasteiger partial charge is 0.271 e. The van der Waals surface area contributed by atoms with E-state index in [2.05, 4.69) is 10.0 Å². The summed E-state index contributed by atoms with van der Waals surface area (Å²) in [6.45, 7) is 0.272. The number of carbonyl (C=O) groups is 1. The minimum atomic E-state index is -3.68. The van der Waals surface area contributed by atoms with Gasteiger partial charge in [-0.05, 0) is 46.5 Å². The highest BCUT2D eigenvalue weighted by atomic mass is 32.2. The molecule has 0 saturated heterocycles. The van der Waals surface area contributed by atoms with E-state index in [1.165, 1.54) is 12.1 Å². The second-order valence-corrected chi connectivity index (χ2v) is 9.63. The molecule has 0 spiro atoms. The van der Waals surface area contributed by atoms with Gasteiger partial charge in [0.2, 0.25) is 0 Å². The van der Waals surface area contributed by atoms with E-state index in [0.717, 1.165) is 27.7 Å². The standard InChI is InChI=1S/C23H20N2O4S2/c1-29-21-12-11-16-6-2-3-9-19(16)20(21)15-24-23(26)17-7-4-8-18(14-17)25-31(27,28)22-10-5-13-30-22/h2-14,25H,15H2,1H3,(H,24,26). The number of thiophene rings is 1. The number of carbonyl (C=O) groups excluding carboxylic acids is 1. The van der Waals surface area contributed by atoms with Crippen LogP contribution in [0.3, 0.4) is 0 Å². The molecule has 0 aliphatic heterocycles. The summed E-state index contributed by atoms with van der Waals surface area (Å²) in [5.74, 6) is 0.378. The molecular weight excluding hydrogens is 432 g/mol. The molecule has 1 amide bonds. The van der Waals surface area contributed by atoms with E-state index < -0.39 is 10.0 Å². The van der Waals surface area contributed by atoms with Crippen molar-refractivity contribution in [1.29, 1.82) is 0 Å². The first-order valence-electron chi connectivity index (χ1n) is 9.47. The average Bonchev–Trinajstić information content (AvgIpc) is 3.33. The van der Waals surface area contributed by atoms with Crippen molar-refractivity contribution >= 4 is 43.7 Å². The van der Waals surface area contributed by atoms with Crippen LogP contribution in [0.4, 0.5) is 5.69 Å². The molecule has 0 bridgehead atoms. The fraction of sp³-hybridized carbons (Fsp3) is 0.0870. The minimum Gasteiger partial charge on any atom is -0.496 e. The van der Waals surface area contributed by atoms with Crippen molar-refractivity contribution in [2.45, 2.75) is 10.8 Å². The molecule has 0 radical (unpaired) electrons. The Morgan fingerprint density at radius 3 is 2.61 bits per heavy atom. The third kappa shape index (κ3) is 4.55. The Kier molecular flexibility index (Phi) is 5.92. The van der Waals surface area contributed by atoms with Crippen LogP contribution < -0.4 is 14.8 Å². The van der Waals surface area contributed by atoms with Gasteiger partial charge in [0.25, 0.3) is 15.9 Å². The van der Waals surface area contributed by atoms with Crippen LogP contribution in [0.15, 0.2) is 82.4 Å². The van der Waals surface area contributed by atoms with Crippen LogP contribution >= 0.6 is 11.3 Å². The lowest BCUT2D eigenvalue weighted by atomic mass is 10.0. The summed E-state index contributed by atoms with van der Waals surface area (Å²) in [6, 6.07) is 21.3. The highest BCUT2D eigenvalue weighted by molar-refractivity contribution is 7.94. The molecule has 0 unspecified atom stereocenters. The predicted octanol–water partition coefficient (Wildman–Crippen LogP) is 4.64. The van der Waals surface area contributed by atoms with Gasteiger partial charge in [0.05, 0.1) is 7.11 Å². The van der Waals surface area contributed by atoms with Crippen molar-refractivity contribution in [1.82, 2.24) is 5.32 Å². The lowest BCUT2D eigenvalue weighted by molar-refractivity contribution is 0.0951. The molecule has 0 aliphatic rings. The van der Waals surface area contributed by atoms with Gasteiger partial charge in [-0.3, -0.25) is 9.52 Å². The summed E-state index contributed by atoms with van der Waals surface area (Å²) in [7, 11) is -2.08. The fourth-order valence-electron chi connectivity index (χ4n) is 3.31. The number of rotatable bonds is 7. The zero-order valence-corrected chi connectivity index (χ0v) is 18.3. The maximum Gasteiger partial charge on any atom is 0.271 e. The summed E-state index contributed by atoms with van der Waals surface area (Å²) in [5, 5.41) is 6.65. The number of fused-ring (bicyclic) bond motifs is 1. The summed E-state index contributed by atoms with van der Waals surface area (Å²) >= 11 is 1.13. The number of hydrogen-bond acceptors (Lipinski definition) is 5. The Morgan fingerprint density at radius 1 is 1.00 bits per heavy atom. The van der Waals surface area contributed by atoms with Crippen molar-refractivity contribution in [3.63, 3.8) is 0 Å². The highest BCUT2D eigenvalue weighted by Crippen LogP contribution is 2.28. The molecule has 3 aromatic carbocycles. The van der Waals surface area contributed by atoms with E-state index in [1.807, 2.05) is 36.4 Å². The Balaban J connectivity index is 1.53. The van der Waals surface area contributed by atoms with Crippen molar-refractivity contribution in [3.05, 3.63) is 89.3 Å². The van der Waals surface area contributed by atoms with Crippen LogP contribution in [0.1, 0.15) is 15.9 Å². The van der Waals surface area contributed by atoms with E-state index in [4.69, 9.17) is 4.74 Å². The fourth-order valence-corrected chi connectivity index (χ4v) is 5.35. The largest absolute Gasteiger partial charge is 0.496 e. The van der Waals surface area contributed by atoms with Gasteiger partial charge < -0.3 is 10.1 Å². The number of sulfonamides is 1. The SMILES string of the molecule is COc1ccc2ccccc2c1CNC(=O)c1cccc(NS(=O)(=O)c2cccs2)c1. The summed E-state index contributed by atoms with van der Waals surface area (Å²) < 4.78 is 33.1. The molecule has 1 heterocycles. The van der Waals surface area contributed by atoms with Crippen LogP contribution in [0.25, 0.3) is 10.8 Å². The molecule has 0 fully saturated rings. The number of ether oxygens (including phenoxy) is 1. The first-order valence-corrected chi connectivity index (χ1v) is 11.8. The van der Waals surface area contributed by atoms with Gasteiger partial charge in [-0.25, -0.2) is 8.42 Å². The van der Waals surface area contributed by atoms with Crippen LogP contribution in [-0.4, -0.2) is 21.4 Å². The Bertz CT molecular complexity index is 1330. The molecule has 0 atom stereocenters. The number of hydrogen-bond donors (Lipinski definition) is 2. The van der Waals surface area contributed by atoms with Gasteiger partial charge in [-0.2, -0.15) is 0 Å². The minimum absolute atomic E-state index is 0.213. The molecule has 8 heteroatoms. The lowest BCUT2D eigenvalue weighted by Gasteiger charge is -2.13. The maximum absolute atomic E-state index is 12.8. The first kappa shape index (κ1) is 20.9. The van der Waals surface area contributed by atoms with Gasteiger partial charge in [-0.15, -0.1) is 11.3 Å². The van der Waals surface area contributed by atoms with Crippen molar-refractivity contribution in [3.8, 4) is 5.75 Å². The van der Waals surface area contributed by atoms with Crippen molar-refractivity contribution < 1.29 is 17.9 Å². The summed E-state index contributed by atoms with van der Waals surface area (Å²) in [6.07, 6.45) is 0. The quantitative estimate of drug-likeness (QED) is 0.428. The second kappa shape index (κ2) is 8.79. The zero-order chi connectivity index (χ0) is 21.8. The molecule has 0 aliphatic carbocycles. The highest BCUT2D eigenvalue weighted by Gasteiger charge is 2.16. The van der Waals surface area contributed by atoms with E-state index in [-0.39, 0.29) is 16.7 Å². The topological polar surface area (TPSA) is 84.5 Å². The molecular formula is C23H20N2O4S2. The van der Waals surface area contributed by atoms with Crippen LogP contribution in [0.2, 0.25) is 0 Å². The molecule has 1 aromatic heterocycles. The van der Waals surface area contributed by atoms with Crippen LogP contribution in [0, 0.1) is 0 Å². The Labute approximate surface area is 184 Å². The monoisotopic (exact) mass is 452 g/mol. The number of amides is 1. The normalized spacial score (nSPS) is 11.3. The predicted molar refractivity (Wildman–Crippen MR) is 123 cm³/mol. The Morgan fingerprint density at radius 2 is 1.84 bits per heavy atom. The van der Waals surface area contributed by atoms with Gasteiger partial charge >= 0.3 is 0 Å². The average molecular weight is 453 g/mol. The molecule has 158 valence electrons. The number of nitrogens with one attached hydrogen (secondary N) is 2. The third-order valence-corrected chi connectivity index (χ3v) is 7.56.